The molecule has 0 saturated heterocycles. The SMILES string of the molecule is CCCCCCCCCCCCCC=CCCC(Sc1nnnn1-c1ccccc1)c1cc(O)n(C2Cc3ccccc3C2=O)c1O. The lowest BCUT2D eigenvalue weighted by molar-refractivity contribution is 0.0931. The van der Waals surface area contributed by atoms with E-state index in [9.17, 15) is 15.0 Å². The van der Waals surface area contributed by atoms with Crippen LogP contribution in [0.2, 0.25) is 0 Å². The van der Waals surface area contributed by atoms with E-state index in [2.05, 4.69) is 34.6 Å². The summed E-state index contributed by atoms with van der Waals surface area (Å²) in [5.41, 5.74) is 2.97. The Hall–Kier alpha value is -3.85. The summed E-state index contributed by atoms with van der Waals surface area (Å²) in [6.45, 7) is 2.27. The molecule has 4 aromatic rings. The highest BCUT2D eigenvalue weighted by atomic mass is 32.2. The normalized spacial score (nSPS) is 15.1. The number of ketones is 1. The van der Waals surface area contributed by atoms with E-state index in [1.807, 2.05) is 48.5 Å². The minimum atomic E-state index is -0.688. The summed E-state index contributed by atoms with van der Waals surface area (Å²) in [6, 6.07) is 18.1. The standard InChI is InChI=1S/C38H49N5O3S/c1-2-3-4-5-6-7-8-9-10-11-12-13-14-15-19-26-34(47-38-39-40-41-43(38)30-23-17-16-18-24-30)32-28-35(44)42(37(32)46)33-27-29-22-20-21-25-31(29)36(33)45/h14-18,20-25,28,33-34,44,46H,2-13,19,26-27H2,1H3. The van der Waals surface area contributed by atoms with E-state index >= 15 is 0 Å². The van der Waals surface area contributed by atoms with Crippen molar-refractivity contribution in [1.82, 2.24) is 24.8 Å². The molecule has 2 atom stereocenters. The van der Waals surface area contributed by atoms with Gasteiger partial charge in [-0.05, 0) is 53.8 Å². The molecule has 0 radical (unpaired) electrons. The predicted molar refractivity (Wildman–Crippen MR) is 188 cm³/mol. The molecule has 8 nitrogen and oxygen atoms in total. The molecule has 0 bridgehead atoms. The van der Waals surface area contributed by atoms with Crippen LogP contribution in [-0.4, -0.2) is 40.8 Å². The van der Waals surface area contributed by atoms with E-state index in [4.69, 9.17) is 0 Å². The summed E-state index contributed by atoms with van der Waals surface area (Å²) < 4.78 is 3.07. The van der Waals surface area contributed by atoms with Gasteiger partial charge in [0, 0.05) is 28.9 Å². The van der Waals surface area contributed by atoms with Crippen LogP contribution in [0.5, 0.6) is 11.8 Å². The van der Waals surface area contributed by atoms with Gasteiger partial charge in [-0.2, -0.15) is 4.68 Å². The molecule has 2 heterocycles. The van der Waals surface area contributed by atoms with Crippen molar-refractivity contribution in [3.8, 4) is 17.4 Å². The number of rotatable bonds is 20. The van der Waals surface area contributed by atoms with E-state index in [0.717, 1.165) is 24.1 Å². The first-order valence-electron chi connectivity index (χ1n) is 17.5. The van der Waals surface area contributed by atoms with Gasteiger partial charge in [-0.15, -0.1) is 5.10 Å². The molecule has 0 amide bonds. The number of carbonyl (C=O) groups is 1. The van der Waals surface area contributed by atoms with E-state index in [-0.39, 0.29) is 22.8 Å². The second-order valence-electron chi connectivity index (χ2n) is 12.6. The number of nitrogens with zero attached hydrogens (tertiary/aromatic N) is 5. The molecule has 1 aliphatic carbocycles. The highest BCUT2D eigenvalue weighted by Gasteiger charge is 2.36. The van der Waals surface area contributed by atoms with Crippen molar-refractivity contribution < 1.29 is 15.0 Å². The highest BCUT2D eigenvalue weighted by molar-refractivity contribution is 7.99. The first kappa shape index (κ1) is 34.5. The highest BCUT2D eigenvalue weighted by Crippen LogP contribution is 2.47. The van der Waals surface area contributed by atoms with Crippen LogP contribution in [0.4, 0.5) is 0 Å². The number of carbonyl (C=O) groups excluding carboxylic acids is 1. The number of aromatic hydroxyl groups is 2. The lowest BCUT2D eigenvalue weighted by atomic mass is 10.0. The van der Waals surface area contributed by atoms with Crippen LogP contribution in [0, 0.1) is 0 Å². The van der Waals surface area contributed by atoms with E-state index in [1.165, 1.54) is 87.0 Å². The Bertz CT molecular complexity index is 1580. The number of tetrazole rings is 1. The van der Waals surface area contributed by atoms with Crippen LogP contribution in [0.3, 0.4) is 0 Å². The van der Waals surface area contributed by atoms with Crippen molar-refractivity contribution in [2.45, 2.75) is 120 Å². The topological polar surface area (TPSA) is 106 Å². The fraction of sp³-hybridized carbons (Fsp3) is 0.474. The van der Waals surface area contributed by atoms with Crippen LogP contribution >= 0.6 is 11.8 Å². The number of unbranched alkanes of at least 4 members (excludes halogenated alkanes) is 11. The molecule has 0 fully saturated rings. The second kappa shape index (κ2) is 17.9. The van der Waals surface area contributed by atoms with Crippen molar-refractivity contribution in [1.29, 1.82) is 0 Å². The third-order valence-corrected chi connectivity index (χ3v) is 10.3. The molecule has 5 rings (SSSR count). The van der Waals surface area contributed by atoms with Gasteiger partial charge >= 0.3 is 0 Å². The van der Waals surface area contributed by atoms with Gasteiger partial charge < -0.3 is 10.2 Å². The van der Waals surface area contributed by atoms with Crippen molar-refractivity contribution >= 4 is 17.5 Å². The number of aromatic nitrogens is 5. The average Bonchev–Trinajstić information content (AvgIpc) is 3.77. The second-order valence-corrected chi connectivity index (χ2v) is 13.8. The zero-order valence-corrected chi connectivity index (χ0v) is 28.5. The zero-order valence-electron chi connectivity index (χ0n) is 27.6. The van der Waals surface area contributed by atoms with Gasteiger partial charge in [0.25, 0.3) is 0 Å². The van der Waals surface area contributed by atoms with Gasteiger partial charge in [-0.25, -0.2) is 0 Å². The number of hydrogen-bond donors (Lipinski definition) is 2. The Balaban J connectivity index is 1.20. The Labute approximate surface area is 283 Å². The van der Waals surface area contributed by atoms with E-state index in [1.54, 1.807) is 16.8 Å². The summed E-state index contributed by atoms with van der Waals surface area (Å²) >= 11 is 1.45. The largest absolute Gasteiger partial charge is 0.494 e. The number of fused-ring (bicyclic) bond motifs is 1. The summed E-state index contributed by atoms with van der Waals surface area (Å²) in [7, 11) is 0. The molecule has 9 heteroatoms. The molecule has 2 unspecified atom stereocenters. The lowest BCUT2D eigenvalue weighted by Gasteiger charge is -2.17. The van der Waals surface area contributed by atoms with Crippen LogP contribution in [0.15, 0.2) is 78.0 Å². The maximum Gasteiger partial charge on any atom is 0.214 e. The maximum atomic E-state index is 13.3. The molecule has 250 valence electrons. The molecular formula is C38H49N5O3S. The van der Waals surface area contributed by atoms with Gasteiger partial charge in [-0.3, -0.25) is 9.36 Å². The van der Waals surface area contributed by atoms with Crippen molar-refractivity contribution in [3.63, 3.8) is 0 Å². The van der Waals surface area contributed by atoms with Crippen molar-refractivity contribution in [2.24, 2.45) is 0 Å². The maximum absolute atomic E-state index is 13.3. The molecule has 0 spiro atoms. The van der Waals surface area contributed by atoms with Crippen molar-refractivity contribution in [2.75, 3.05) is 0 Å². The quantitative estimate of drug-likeness (QED) is 0.0555. The lowest BCUT2D eigenvalue weighted by Crippen LogP contribution is -2.15. The monoisotopic (exact) mass is 655 g/mol. The average molecular weight is 656 g/mol. The predicted octanol–water partition coefficient (Wildman–Crippen LogP) is 9.73. The third kappa shape index (κ3) is 9.15. The van der Waals surface area contributed by atoms with Crippen LogP contribution < -0.4 is 0 Å². The molecule has 47 heavy (non-hydrogen) atoms. The molecular weight excluding hydrogens is 607 g/mol. The summed E-state index contributed by atoms with van der Waals surface area (Å²) in [5.74, 6) is -0.310. The third-order valence-electron chi connectivity index (χ3n) is 9.10. The van der Waals surface area contributed by atoms with Crippen molar-refractivity contribution in [3.05, 3.63) is 89.5 Å². The number of thioether (sulfide) groups is 1. The fourth-order valence-corrected chi connectivity index (χ4v) is 7.63. The number of para-hydroxylation sites is 1. The van der Waals surface area contributed by atoms with Gasteiger partial charge in [-0.1, -0.05) is 138 Å². The Morgan fingerprint density at radius 3 is 2.26 bits per heavy atom. The molecule has 2 aromatic heterocycles. The number of benzene rings is 2. The summed E-state index contributed by atoms with van der Waals surface area (Å²) in [4.78, 5) is 13.3. The minimum Gasteiger partial charge on any atom is -0.494 e. The van der Waals surface area contributed by atoms with E-state index in [0.29, 0.717) is 29.1 Å². The smallest absolute Gasteiger partial charge is 0.214 e. The molecule has 2 N–H and O–H groups in total. The molecule has 1 aliphatic rings. The fourth-order valence-electron chi connectivity index (χ4n) is 6.49. The van der Waals surface area contributed by atoms with Gasteiger partial charge in [0.1, 0.15) is 6.04 Å². The number of allylic oxidation sites excluding steroid dienone is 2. The number of hydrogen-bond acceptors (Lipinski definition) is 7. The first-order valence-corrected chi connectivity index (χ1v) is 18.4. The zero-order chi connectivity index (χ0) is 32.8. The Kier molecular flexibility index (Phi) is 13.1. The van der Waals surface area contributed by atoms with Gasteiger partial charge in [0.05, 0.1) is 5.69 Å². The summed E-state index contributed by atoms with van der Waals surface area (Å²) in [5, 5.41) is 35.4. The van der Waals surface area contributed by atoms with E-state index < -0.39 is 6.04 Å². The molecule has 2 aromatic carbocycles. The van der Waals surface area contributed by atoms with Gasteiger partial charge in [0.2, 0.25) is 5.16 Å². The first-order chi connectivity index (χ1) is 23.1. The number of Topliss-reactive ketones (excluding diaryl/α,β-unsaturated/α-hetero) is 1. The molecule has 0 aliphatic heterocycles. The van der Waals surface area contributed by atoms with Gasteiger partial charge in [0.15, 0.2) is 17.5 Å². The Morgan fingerprint density at radius 2 is 1.53 bits per heavy atom. The minimum absolute atomic E-state index is 0.0881. The van der Waals surface area contributed by atoms with Crippen LogP contribution in [0.1, 0.15) is 130 Å². The molecule has 0 saturated carbocycles. The van der Waals surface area contributed by atoms with Crippen LogP contribution in [-0.2, 0) is 6.42 Å². The summed E-state index contributed by atoms with van der Waals surface area (Å²) in [6.07, 6.45) is 22.2. The Morgan fingerprint density at radius 1 is 0.872 bits per heavy atom. The van der Waals surface area contributed by atoms with Crippen LogP contribution in [0.25, 0.3) is 5.69 Å².